The summed E-state index contributed by atoms with van der Waals surface area (Å²) in [7, 11) is -4.04. The molecule has 0 amide bonds. The van der Waals surface area contributed by atoms with Crippen molar-refractivity contribution in [1.82, 2.24) is 0 Å². The molecular weight excluding hydrogens is 654 g/mol. The van der Waals surface area contributed by atoms with Crippen molar-refractivity contribution in [2.75, 3.05) is 24.6 Å². The molecule has 2 aromatic carbocycles. The maximum absolute atomic E-state index is 15.3. The average Bonchev–Trinajstić information content (AvgIpc) is 3.12. The van der Waals surface area contributed by atoms with Gasteiger partial charge >= 0.3 is 298 Å². The van der Waals surface area contributed by atoms with E-state index in [0.29, 0.717) is 11.5 Å². The van der Waals surface area contributed by atoms with Gasteiger partial charge in [0.25, 0.3) is 0 Å². The van der Waals surface area contributed by atoms with Crippen molar-refractivity contribution in [1.29, 1.82) is 0 Å². The first-order chi connectivity index (χ1) is 24.4. The number of hydrogen-bond acceptors (Lipinski definition) is 4. The quantitative estimate of drug-likeness (QED) is 0.0531. The summed E-state index contributed by atoms with van der Waals surface area (Å²) < 4.78 is 35.7. The second kappa shape index (κ2) is 27.3. The number of phosphoric ester groups is 1. The van der Waals surface area contributed by atoms with Crippen molar-refractivity contribution in [3.63, 3.8) is 0 Å². The van der Waals surface area contributed by atoms with Crippen molar-refractivity contribution >= 4 is 14.7 Å². The number of unbranched alkanes of at least 4 members (excludes halogenated alkanes) is 20. The number of hydrogen-bond donors (Lipinski definition) is 0. The molecule has 0 unspecified atom stereocenters. The van der Waals surface area contributed by atoms with E-state index >= 15 is 4.57 Å². The van der Waals surface area contributed by atoms with Crippen LogP contribution in [0.1, 0.15) is 182 Å². The summed E-state index contributed by atoms with van der Waals surface area (Å²) >= 11 is 0. The molecule has 0 aliphatic heterocycles. The first kappa shape index (κ1) is 44.8. The van der Waals surface area contributed by atoms with Gasteiger partial charge in [0, 0.05) is 0 Å². The Morgan fingerprint density at radius 1 is 0.400 bits per heavy atom. The molecule has 0 aromatic heterocycles. The standard InChI is InChI=1S/C44H78O4P2/c1-5-9-13-17-18-19-20-21-22-23-24-34-42-50(39-31-14-10-6-2,40-32-15-11-7-3,41-33-16-12-8-4)48-49(45,46-43-35-27-25-28-36-43)47-44-37-29-26-30-38-44/h25-30,35-38H,5-24,31-34,39-42H2,1-4H3. The summed E-state index contributed by atoms with van der Waals surface area (Å²) in [5.41, 5.74) is 0. The van der Waals surface area contributed by atoms with Gasteiger partial charge in [0.1, 0.15) is 0 Å². The fourth-order valence-corrected chi connectivity index (χ4v) is 17.6. The molecule has 50 heavy (non-hydrogen) atoms. The molecule has 0 bridgehead atoms. The molecule has 0 heterocycles. The Hall–Kier alpha value is -1.34. The first-order valence-electron chi connectivity index (χ1n) is 21.2. The van der Waals surface area contributed by atoms with Gasteiger partial charge in [-0.25, -0.2) is 0 Å². The van der Waals surface area contributed by atoms with Gasteiger partial charge in [-0.15, -0.1) is 0 Å². The Balaban J connectivity index is 2.40. The topological polar surface area (TPSA) is 44.8 Å². The first-order valence-corrected chi connectivity index (χ1v) is 25.6. The molecule has 6 heteroatoms. The van der Waals surface area contributed by atoms with Crippen molar-refractivity contribution < 1.29 is 17.9 Å². The van der Waals surface area contributed by atoms with Crippen LogP contribution in [0.2, 0.25) is 0 Å². The van der Waals surface area contributed by atoms with Crippen molar-refractivity contribution in [3.05, 3.63) is 60.7 Å². The van der Waals surface area contributed by atoms with Crippen molar-refractivity contribution in [3.8, 4) is 11.5 Å². The molecule has 0 aliphatic carbocycles. The average molecular weight is 733 g/mol. The van der Waals surface area contributed by atoms with Crippen LogP contribution in [0.5, 0.6) is 11.5 Å². The number of benzene rings is 2. The molecule has 0 saturated heterocycles. The van der Waals surface area contributed by atoms with Gasteiger partial charge in [0.15, 0.2) is 0 Å². The van der Waals surface area contributed by atoms with E-state index in [1.807, 2.05) is 60.7 Å². The molecule has 0 saturated carbocycles. The predicted octanol–water partition coefficient (Wildman–Crippen LogP) is 16.2. The summed E-state index contributed by atoms with van der Waals surface area (Å²) in [6.45, 7) is 6.08. The van der Waals surface area contributed by atoms with Crippen LogP contribution >= 0.6 is 14.7 Å². The molecule has 0 atom stereocenters. The molecule has 0 aliphatic rings. The fourth-order valence-electron chi connectivity index (χ4n) is 7.56. The third kappa shape index (κ3) is 18.9. The van der Waals surface area contributed by atoms with Gasteiger partial charge in [-0.1, -0.05) is 13.3 Å². The molecule has 0 fully saturated rings. The van der Waals surface area contributed by atoms with E-state index in [0.717, 1.165) is 50.3 Å². The van der Waals surface area contributed by atoms with E-state index in [-0.39, 0.29) is 0 Å². The van der Waals surface area contributed by atoms with Crippen molar-refractivity contribution in [2.24, 2.45) is 0 Å². The molecule has 0 spiro atoms. The predicted molar refractivity (Wildman–Crippen MR) is 223 cm³/mol. The molecule has 288 valence electrons. The summed E-state index contributed by atoms with van der Waals surface area (Å²) in [5, 5.41) is 0. The van der Waals surface area contributed by atoms with Gasteiger partial charge in [-0.2, -0.15) is 0 Å². The fraction of sp³-hybridized carbons (Fsp3) is 0.727. The van der Waals surface area contributed by atoms with E-state index in [9.17, 15) is 0 Å². The summed E-state index contributed by atoms with van der Waals surface area (Å²) in [4.78, 5) is 0. The Morgan fingerprint density at radius 3 is 0.960 bits per heavy atom. The van der Waals surface area contributed by atoms with Gasteiger partial charge in [0.2, 0.25) is 0 Å². The Labute approximate surface area is 310 Å². The Kier molecular flexibility index (Phi) is 24.5. The molecule has 0 N–H and O–H groups in total. The van der Waals surface area contributed by atoms with E-state index in [4.69, 9.17) is 13.4 Å². The summed E-state index contributed by atoms with van der Waals surface area (Å²) in [5.74, 6) is 1.08. The maximum atomic E-state index is 15.3. The minimum atomic E-state index is -4.04. The van der Waals surface area contributed by atoms with Gasteiger partial charge in [-0.05, 0) is 0 Å². The van der Waals surface area contributed by atoms with E-state index in [1.165, 1.54) is 128 Å². The van der Waals surface area contributed by atoms with E-state index < -0.39 is 14.7 Å². The minimum absolute atomic E-state index is 0.539. The van der Waals surface area contributed by atoms with E-state index in [1.54, 1.807) is 0 Å². The third-order valence-electron chi connectivity index (χ3n) is 10.6. The monoisotopic (exact) mass is 733 g/mol. The molecule has 4 nitrogen and oxygen atoms in total. The molecule has 2 rings (SSSR count). The number of para-hydroxylation sites is 2. The van der Waals surface area contributed by atoms with Crippen molar-refractivity contribution in [2.45, 2.75) is 182 Å². The summed E-state index contributed by atoms with van der Waals surface area (Å²) in [6, 6.07) is 19.1. The van der Waals surface area contributed by atoms with Crippen LogP contribution in [0, 0.1) is 0 Å². The Morgan fingerprint density at radius 2 is 0.660 bits per heavy atom. The molecular formula is C44H78O4P2. The molecule has 0 radical (unpaired) electrons. The second-order valence-electron chi connectivity index (χ2n) is 15.2. The normalized spacial score (nSPS) is 12.8. The van der Waals surface area contributed by atoms with Gasteiger partial charge in [0.05, 0.1) is 0 Å². The van der Waals surface area contributed by atoms with Crippen LogP contribution in [0.15, 0.2) is 60.7 Å². The van der Waals surface area contributed by atoms with Crippen LogP contribution in [-0.2, 0) is 8.88 Å². The van der Waals surface area contributed by atoms with Crippen LogP contribution in [0.25, 0.3) is 0 Å². The van der Waals surface area contributed by atoms with Gasteiger partial charge < -0.3 is 0 Å². The Bertz CT molecular complexity index is 1030. The zero-order valence-electron chi connectivity index (χ0n) is 33.1. The van der Waals surface area contributed by atoms with Crippen LogP contribution in [0.4, 0.5) is 0 Å². The van der Waals surface area contributed by atoms with Crippen LogP contribution in [-0.4, -0.2) is 24.6 Å². The van der Waals surface area contributed by atoms with E-state index in [2.05, 4.69) is 27.7 Å². The van der Waals surface area contributed by atoms with Gasteiger partial charge in [-0.3, -0.25) is 0 Å². The zero-order valence-corrected chi connectivity index (χ0v) is 34.9. The van der Waals surface area contributed by atoms with Crippen LogP contribution < -0.4 is 9.05 Å². The number of phosphoric acid groups is 1. The molecule has 2 aromatic rings. The second-order valence-corrected chi connectivity index (χ2v) is 22.6. The SMILES string of the molecule is CCCCCCCCCCCCCCP(CCCCCC)(CCCCCC)(CCCCCC)OP(=O)(Oc1ccccc1)Oc1ccccc1. The zero-order chi connectivity index (χ0) is 36.1. The number of rotatable bonds is 34. The summed E-state index contributed by atoms with van der Waals surface area (Å²) in [6.07, 6.45) is 34.4. The third-order valence-corrected chi connectivity index (χ3v) is 19.9. The van der Waals surface area contributed by atoms with Crippen LogP contribution in [0.3, 0.4) is 0 Å².